The van der Waals surface area contributed by atoms with E-state index in [2.05, 4.69) is 18.7 Å². The molecule has 3 nitrogen and oxygen atoms in total. The lowest BCUT2D eigenvalue weighted by Gasteiger charge is -2.32. The lowest BCUT2D eigenvalue weighted by molar-refractivity contribution is 0.282. The van der Waals surface area contributed by atoms with E-state index in [9.17, 15) is 0 Å². The number of aromatic nitrogens is 1. The topological polar surface area (TPSA) is 42.2 Å². The Morgan fingerprint density at radius 3 is 2.65 bits per heavy atom. The summed E-state index contributed by atoms with van der Waals surface area (Å²) in [7, 11) is 0. The van der Waals surface area contributed by atoms with Crippen LogP contribution in [0, 0.1) is 17.3 Å². The van der Waals surface area contributed by atoms with Crippen molar-refractivity contribution in [3.05, 3.63) is 10.6 Å². The van der Waals surface area contributed by atoms with Crippen LogP contribution in [0.15, 0.2) is 0 Å². The molecule has 1 saturated carbocycles. The SMILES string of the molecule is CC1(C)Cc2nc(N3CC4CCCC4C3)sc2C(N)C1. The number of nitrogens with zero attached hydrogens (tertiary/aromatic N) is 2. The molecule has 2 fully saturated rings. The molecule has 1 saturated heterocycles. The second-order valence-corrected chi connectivity index (χ2v) is 8.82. The standard InChI is InChI=1S/C16H25N3S/c1-16(2)6-12(17)14-13(7-16)18-15(20-14)19-8-10-4-3-5-11(10)9-19/h10-12H,3-9,17H2,1-2H3. The van der Waals surface area contributed by atoms with Crippen molar-refractivity contribution in [3.8, 4) is 0 Å². The van der Waals surface area contributed by atoms with Crippen LogP contribution in [0.2, 0.25) is 0 Å². The highest BCUT2D eigenvalue weighted by Gasteiger charge is 2.39. The summed E-state index contributed by atoms with van der Waals surface area (Å²) < 4.78 is 0. The number of hydrogen-bond acceptors (Lipinski definition) is 4. The summed E-state index contributed by atoms with van der Waals surface area (Å²) in [6, 6.07) is 0.196. The molecule has 4 rings (SSSR count). The van der Waals surface area contributed by atoms with E-state index in [1.54, 1.807) is 0 Å². The van der Waals surface area contributed by atoms with E-state index in [1.165, 1.54) is 48.1 Å². The average molecular weight is 291 g/mol. The van der Waals surface area contributed by atoms with Gasteiger partial charge >= 0.3 is 0 Å². The Hall–Kier alpha value is -0.610. The molecule has 4 heteroatoms. The highest BCUT2D eigenvalue weighted by Crippen LogP contribution is 2.46. The van der Waals surface area contributed by atoms with Gasteiger partial charge in [0.2, 0.25) is 0 Å². The smallest absolute Gasteiger partial charge is 0.185 e. The predicted molar refractivity (Wildman–Crippen MR) is 84.2 cm³/mol. The number of rotatable bonds is 1. The number of fused-ring (bicyclic) bond motifs is 2. The molecule has 0 aromatic carbocycles. The first-order valence-corrected chi connectivity index (χ1v) is 8.84. The number of thiazole rings is 1. The van der Waals surface area contributed by atoms with Gasteiger partial charge in [-0.2, -0.15) is 0 Å². The van der Waals surface area contributed by atoms with Gasteiger partial charge in [0.1, 0.15) is 0 Å². The molecule has 3 aliphatic rings. The first kappa shape index (κ1) is 13.1. The molecule has 3 unspecified atom stereocenters. The highest BCUT2D eigenvalue weighted by atomic mass is 32.1. The third-order valence-corrected chi connectivity index (χ3v) is 6.76. The van der Waals surface area contributed by atoms with Crippen LogP contribution >= 0.6 is 11.3 Å². The second-order valence-electron chi connectivity index (χ2n) is 7.82. The lowest BCUT2D eigenvalue weighted by Crippen LogP contribution is -2.28. The highest BCUT2D eigenvalue weighted by molar-refractivity contribution is 7.15. The molecule has 2 N–H and O–H groups in total. The molecular formula is C16H25N3S. The Morgan fingerprint density at radius 2 is 1.95 bits per heavy atom. The van der Waals surface area contributed by atoms with Gasteiger partial charge in [-0.25, -0.2) is 4.98 Å². The third kappa shape index (κ3) is 2.08. The van der Waals surface area contributed by atoms with Crippen LogP contribution in [0.25, 0.3) is 0 Å². The Kier molecular flexibility index (Phi) is 2.90. The average Bonchev–Trinajstić information content (AvgIpc) is 2.97. The summed E-state index contributed by atoms with van der Waals surface area (Å²) in [5, 5.41) is 1.25. The van der Waals surface area contributed by atoms with Crippen LogP contribution in [-0.2, 0) is 6.42 Å². The molecule has 3 atom stereocenters. The Morgan fingerprint density at radius 1 is 1.25 bits per heavy atom. The summed E-state index contributed by atoms with van der Waals surface area (Å²) in [5.74, 6) is 1.86. The fourth-order valence-electron chi connectivity index (χ4n) is 4.51. The Labute approximate surface area is 125 Å². The van der Waals surface area contributed by atoms with E-state index < -0.39 is 0 Å². The van der Waals surface area contributed by atoms with Crippen LogP contribution in [0.3, 0.4) is 0 Å². The van der Waals surface area contributed by atoms with Crippen molar-refractivity contribution in [2.24, 2.45) is 23.0 Å². The minimum Gasteiger partial charge on any atom is -0.348 e. The van der Waals surface area contributed by atoms with E-state index in [1.807, 2.05) is 11.3 Å². The molecule has 2 heterocycles. The fraction of sp³-hybridized carbons (Fsp3) is 0.812. The van der Waals surface area contributed by atoms with Crippen molar-refractivity contribution in [2.45, 2.75) is 52.0 Å². The number of hydrogen-bond donors (Lipinski definition) is 1. The molecule has 20 heavy (non-hydrogen) atoms. The zero-order chi connectivity index (χ0) is 13.9. The van der Waals surface area contributed by atoms with Crippen molar-refractivity contribution in [2.75, 3.05) is 18.0 Å². The molecule has 110 valence electrons. The van der Waals surface area contributed by atoms with Gasteiger partial charge in [0.15, 0.2) is 5.13 Å². The maximum absolute atomic E-state index is 6.38. The summed E-state index contributed by atoms with van der Waals surface area (Å²) >= 11 is 1.87. The van der Waals surface area contributed by atoms with E-state index in [-0.39, 0.29) is 6.04 Å². The van der Waals surface area contributed by atoms with Gasteiger partial charge in [-0.05, 0) is 42.9 Å². The monoisotopic (exact) mass is 291 g/mol. The summed E-state index contributed by atoms with van der Waals surface area (Å²) in [6.07, 6.45) is 6.48. The fourth-order valence-corrected chi connectivity index (χ4v) is 5.61. The third-order valence-electron chi connectivity index (χ3n) is 5.47. The van der Waals surface area contributed by atoms with E-state index in [4.69, 9.17) is 10.7 Å². The van der Waals surface area contributed by atoms with Crippen molar-refractivity contribution in [1.29, 1.82) is 0 Å². The van der Waals surface area contributed by atoms with Crippen LogP contribution in [0.4, 0.5) is 5.13 Å². The molecule has 0 amide bonds. The zero-order valence-electron chi connectivity index (χ0n) is 12.6. The first-order chi connectivity index (χ1) is 9.52. The normalized spacial score (nSPS) is 35.1. The maximum Gasteiger partial charge on any atom is 0.185 e. The van der Waals surface area contributed by atoms with Crippen molar-refractivity contribution in [3.63, 3.8) is 0 Å². The lowest BCUT2D eigenvalue weighted by atomic mass is 9.77. The van der Waals surface area contributed by atoms with Gasteiger partial charge in [-0.3, -0.25) is 0 Å². The van der Waals surface area contributed by atoms with Crippen LogP contribution in [-0.4, -0.2) is 18.1 Å². The zero-order valence-corrected chi connectivity index (χ0v) is 13.4. The maximum atomic E-state index is 6.38. The van der Waals surface area contributed by atoms with Crippen LogP contribution in [0.5, 0.6) is 0 Å². The van der Waals surface area contributed by atoms with Gasteiger partial charge in [0.25, 0.3) is 0 Å². The van der Waals surface area contributed by atoms with Crippen LogP contribution < -0.4 is 10.6 Å². The van der Waals surface area contributed by atoms with E-state index in [0.717, 1.165) is 24.7 Å². The van der Waals surface area contributed by atoms with E-state index >= 15 is 0 Å². The minimum absolute atomic E-state index is 0.196. The summed E-state index contributed by atoms with van der Waals surface area (Å²) in [4.78, 5) is 8.87. The first-order valence-electron chi connectivity index (χ1n) is 8.02. The largest absolute Gasteiger partial charge is 0.348 e. The molecule has 0 bridgehead atoms. The van der Waals surface area contributed by atoms with Gasteiger partial charge in [0, 0.05) is 24.0 Å². The Bertz CT molecular complexity index is 510. The number of anilines is 1. The summed E-state index contributed by atoms with van der Waals surface area (Å²) in [6.45, 7) is 7.09. The minimum atomic E-state index is 0.196. The van der Waals surface area contributed by atoms with E-state index in [0.29, 0.717) is 5.41 Å². The Balaban J connectivity index is 1.59. The molecule has 2 aliphatic carbocycles. The van der Waals surface area contributed by atoms with Crippen LogP contribution in [0.1, 0.15) is 56.1 Å². The van der Waals surface area contributed by atoms with Crippen molar-refractivity contribution >= 4 is 16.5 Å². The molecule has 1 aliphatic heterocycles. The van der Waals surface area contributed by atoms with Gasteiger partial charge in [-0.1, -0.05) is 31.6 Å². The number of nitrogens with two attached hydrogens (primary N) is 1. The van der Waals surface area contributed by atoms with Crippen molar-refractivity contribution in [1.82, 2.24) is 4.98 Å². The molecule has 1 aromatic heterocycles. The predicted octanol–water partition coefficient (Wildman–Crippen LogP) is 3.35. The van der Waals surface area contributed by atoms with Gasteiger partial charge < -0.3 is 10.6 Å². The summed E-state index contributed by atoms with van der Waals surface area (Å²) in [5.41, 5.74) is 7.97. The second kappa shape index (κ2) is 4.44. The van der Waals surface area contributed by atoms with Gasteiger partial charge in [-0.15, -0.1) is 0 Å². The molecular weight excluding hydrogens is 266 g/mol. The molecule has 0 spiro atoms. The van der Waals surface area contributed by atoms with Gasteiger partial charge in [0.05, 0.1) is 5.69 Å². The van der Waals surface area contributed by atoms with Crippen molar-refractivity contribution < 1.29 is 0 Å². The molecule has 1 aromatic rings. The quantitative estimate of drug-likeness (QED) is 0.863. The molecule has 0 radical (unpaired) electrons.